The second-order valence-electron chi connectivity index (χ2n) is 7.43. The van der Waals surface area contributed by atoms with Crippen LogP contribution in [-0.4, -0.2) is 42.5 Å². The molecule has 4 atom stereocenters. The lowest BCUT2D eigenvalue weighted by Gasteiger charge is -2.39. The van der Waals surface area contributed by atoms with Gasteiger partial charge in [-0.25, -0.2) is 9.18 Å². The maximum absolute atomic E-state index is 14.9. The van der Waals surface area contributed by atoms with Crippen LogP contribution in [0.2, 0.25) is 18.1 Å². The van der Waals surface area contributed by atoms with Gasteiger partial charge in [0.15, 0.2) is 27.0 Å². The number of carbonyl (C=O) groups is 1. The molecule has 9 heteroatoms. The Hall–Kier alpha value is -1.58. The average molecular weight is 358 g/mol. The van der Waals surface area contributed by atoms with Gasteiger partial charge in [0.2, 0.25) is 0 Å². The fraction of sp³-hybridized carbons (Fsp3) is 0.667. The highest BCUT2D eigenvalue weighted by atomic mass is 28.4. The van der Waals surface area contributed by atoms with Gasteiger partial charge in [0, 0.05) is 12.3 Å². The number of aromatic amines is 1. The summed E-state index contributed by atoms with van der Waals surface area (Å²) in [6.07, 6.45) is -3.60. The highest BCUT2D eigenvalue weighted by molar-refractivity contribution is 6.74. The summed E-state index contributed by atoms with van der Waals surface area (Å²) in [6.45, 7) is 9.90. The van der Waals surface area contributed by atoms with Gasteiger partial charge in [-0.3, -0.25) is 14.3 Å². The number of aromatic nitrogens is 2. The van der Waals surface area contributed by atoms with Crippen molar-refractivity contribution >= 4 is 14.6 Å². The lowest BCUT2D eigenvalue weighted by Crippen LogP contribution is -2.48. The largest absolute Gasteiger partial charge is 0.408 e. The van der Waals surface area contributed by atoms with Gasteiger partial charge in [0.1, 0.15) is 12.2 Å². The van der Waals surface area contributed by atoms with Crippen molar-refractivity contribution in [1.82, 2.24) is 9.55 Å². The molecule has 0 saturated carbocycles. The molecule has 1 aliphatic heterocycles. The van der Waals surface area contributed by atoms with E-state index in [9.17, 15) is 18.8 Å². The van der Waals surface area contributed by atoms with Crippen LogP contribution in [0.15, 0.2) is 21.9 Å². The van der Waals surface area contributed by atoms with Crippen molar-refractivity contribution in [1.29, 1.82) is 0 Å². The molecule has 134 valence electrons. The zero-order chi connectivity index (χ0) is 18.3. The van der Waals surface area contributed by atoms with Crippen molar-refractivity contribution in [2.24, 2.45) is 0 Å². The summed E-state index contributed by atoms with van der Waals surface area (Å²) < 4.78 is 27.3. The highest BCUT2D eigenvalue weighted by Crippen LogP contribution is 2.41. The number of aldehydes is 1. The van der Waals surface area contributed by atoms with E-state index < -0.39 is 44.2 Å². The summed E-state index contributed by atoms with van der Waals surface area (Å²) in [5.74, 6) is 0. The molecule has 24 heavy (non-hydrogen) atoms. The number of hydrogen-bond donors (Lipinski definition) is 1. The van der Waals surface area contributed by atoms with E-state index in [2.05, 4.69) is 0 Å². The molecule has 0 spiro atoms. The minimum atomic E-state index is -2.35. The highest BCUT2D eigenvalue weighted by Gasteiger charge is 2.51. The van der Waals surface area contributed by atoms with E-state index in [1.165, 1.54) is 0 Å². The fourth-order valence-corrected chi connectivity index (χ4v) is 3.56. The molecule has 0 radical (unpaired) electrons. The Morgan fingerprint density at radius 1 is 1.38 bits per heavy atom. The molecule has 1 N–H and O–H groups in total. The normalized spacial score (nSPS) is 28.1. The second-order valence-corrected chi connectivity index (χ2v) is 12.2. The van der Waals surface area contributed by atoms with Crippen molar-refractivity contribution in [3.63, 3.8) is 0 Å². The first-order valence-electron chi connectivity index (χ1n) is 7.72. The molecule has 1 aromatic heterocycles. The van der Waals surface area contributed by atoms with Gasteiger partial charge < -0.3 is 14.0 Å². The van der Waals surface area contributed by atoms with E-state index in [4.69, 9.17) is 9.16 Å². The lowest BCUT2D eigenvalue weighted by atomic mass is 10.1. The minimum Gasteiger partial charge on any atom is -0.408 e. The average Bonchev–Trinajstić information content (AvgIpc) is 2.74. The van der Waals surface area contributed by atoms with Crippen molar-refractivity contribution < 1.29 is 18.3 Å². The van der Waals surface area contributed by atoms with Gasteiger partial charge >= 0.3 is 5.69 Å². The van der Waals surface area contributed by atoms with Crippen LogP contribution < -0.4 is 11.2 Å². The molecule has 0 aliphatic carbocycles. The number of alkyl halides is 1. The maximum atomic E-state index is 14.9. The van der Waals surface area contributed by atoms with Crippen LogP contribution in [0.1, 0.15) is 27.0 Å². The monoisotopic (exact) mass is 358 g/mol. The molecule has 1 aromatic rings. The van der Waals surface area contributed by atoms with Crippen molar-refractivity contribution in [2.75, 3.05) is 0 Å². The number of carbonyl (C=O) groups excluding carboxylic acids is 1. The Morgan fingerprint density at radius 2 is 2.00 bits per heavy atom. The zero-order valence-corrected chi connectivity index (χ0v) is 15.4. The van der Waals surface area contributed by atoms with E-state index >= 15 is 0 Å². The van der Waals surface area contributed by atoms with Gasteiger partial charge in [-0.15, -0.1) is 0 Å². The molecule has 1 fully saturated rings. The van der Waals surface area contributed by atoms with Crippen LogP contribution in [-0.2, 0) is 14.0 Å². The topological polar surface area (TPSA) is 90.4 Å². The molecule has 1 saturated heterocycles. The summed E-state index contributed by atoms with van der Waals surface area (Å²) in [7, 11) is -2.35. The molecular weight excluding hydrogens is 335 g/mol. The molecule has 2 rings (SSSR count). The molecule has 0 unspecified atom stereocenters. The molecule has 0 aromatic carbocycles. The lowest BCUT2D eigenvalue weighted by molar-refractivity contribution is -0.122. The van der Waals surface area contributed by atoms with E-state index in [1.807, 2.05) is 38.8 Å². The van der Waals surface area contributed by atoms with Crippen molar-refractivity contribution in [2.45, 2.75) is 63.5 Å². The number of halogens is 1. The van der Waals surface area contributed by atoms with E-state index in [-0.39, 0.29) is 5.04 Å². The summed E-state index contributed by atoms with van der Waals surface area (Å²) in [4.78, 5) is 36.4. The van der Waals surface area contributed by atoms with Crippen molar-refractivity contribution in [3.05, 3.63) is 33.1 Å². The minimum absolute atomic E-state index is 0.174. The van der Waals surface area contributed by atoms with Crippen LogP contribution in [0.3, 0.4) is 0 Å². The van der Waals surface area contributed by atoms with Gasteiger partial charge in [0.25, 0.3) is 5.56 Å². The standard InChI is InChI=1S/C15H23FN2O5Si/c1-15(2,3)24(4,5)23-12-9(8-19)22-13(11(12)16)18-7-6-10(20)17-14(18)21/h6-9,11-13H,1-5H3,(H,17,20,21)/t9-,11+,12-,13-/m1/s1. The molecule has 1 aliphatic rings. The second kappa shape index (κ2) is 6.38. The predicted molar refractivity (Wildman–Crippen MR) is 88.3 cm³/mol. The molecule has 0 amide bonds. The maximum Gasteiger partial charge on any atom is 0.330 e. The predicted octanol–water partition coefficient (Wildman–Crippen LogP) is 1.36. The molecule has 0 bridgehead atoms. The third kappa shape index (κ3) is 3.42. The number of nitrogens with one attached hydrogen (secondary N) is 1. The van der Waals surface area contributed by atoms with Gasteiger partial charge in [0.05, 0.1) is 0 Å². The van der Waals surface area contributed by atoms with E-state index in [0.717, 1.165) is 16.8 Å². The Balaban J connectivity index is 2.33. The van der Waals surface area contributed by atoms with Crippen LogP contribution in [0, 0.1) is 0 Å². The first kappa shape index (κ1) is 18.8. The van der Waals surface area contributed by atoms with E-state index in [1.54, 1.807) is 0 Å². The molecule has 7 nitrogen and oxygen atoms in total. The fourth-order valence-electron chi connectivity index (χ4n) is 2.26. The first-order chi connectivity index (χ1) is 11.0. The summed E-state index contributed by atoms with van der Waals surface area (Å²) in [5.41, 5.74) is -1.39. The Bertz CT molecular complexity index is 724. The smallest absolute Gasteiger partial charge is 0.330 e. The third-order valence-corrected chi connectivity index (χ3v) is 9.18. The number of hydrogen-bond acceptors (Lipinski definition) is 5. The van der Waals surface area contributed by atoms with Gasteiger partial charge in [-0.1, -0.05) is 20.8 Å². The molecule has 2 heterocycles. The summed E-state index contributed by atoms with van der Waals surface area (Å²) in [5, 5.41) is -0.174. The van der Waals surface area contributed by atoms with Crippen molar-refractivity contribution in [3.8, 4) is 0 Å². The van der Waals surface area contributed by atoms with E-state index in [0.29, 0.717) is 6.29 Å². The van der Waals surface area contributed by atoms with Crippen LogP contribution in [0.25, 0.3) is 0 Å². The van der Waals surface area contributed by atoms with Gasteiger partial charge in [-0.2, -0.15) is 0 Å². The Labute approximate surface area is 139 Å². The number of ether oxygens (including phenoxy) is 1. The van der Waals surface area contributed by atoms with Crippen LogP contribution >= 0.6 is 0 Å². The summed E-state index contributed by atoms with van der Waals surface area (Å²) in [6, 6.07) is 1.09. The summed E-state index contributed by atoms with van der Waals surface area (Å²) >= 11 is 0. The number of rotatable bonds is 4. The SMILES string of the molecule is CC(C)(C)[Si](C)(C)O[C@H]1[C@H](F)[C@H](n2ccc(=O)[nH]c2=O)O[C@@H]1C=O. The first-order valence-corrected chi connectivity index (χ1v) is 10.6. The zero-order valence-electron chi connectivity index (χ0n) is 14.4. The third-order valence-electron chi connectivity index (χ3n) is 4.70. The Kier molecular flexibility index (Phi) is 4.98. The number of H-pyrrole nitrogens is 1. The Morgan fingerprint density at radius 3 is 2.50 bits per heavy atom. The van der Waals surface area contributed by atoms with Crippen LogP contribution in [0.5, 0.6) is 0 Å². The molecular formula is C15H23FN2O5Si. The van der Waals surface area contributed by atoms with Crippen LogP contribution in [0.4, 0.5) is 4.39 Å². The number of nitrogens with zero attached hydrogens (tertiary/aromatic N) is 1. The van der Waals surface area contributed by atoms with Gasteiger partial charge in [-0.05, 0) is 18.1 Å². The quantitative estimate of drug-likeness (QED) is 0.648.